The van der Waals surface area contributed by atoms with Crippen molar-refractivity contribution in [1.82, 2.24) is 9.29 Å². The van der Waals surface area contributed by atoms with E-state index in [1.165, 1.54) is 34.8 Å². The van der Waals surface area contributed by atoms with Gasteiger partial charge in [-0.3, -0.25) is 0 Å². The number of aromatic nitrogens is 1. The van der Waals surface area contributed by atoms with Crippen LogP contribution in [0.2, 0.25) is 0 Å². The van der Waals surface area contributed by atoms with E-state index < -0.39 is 10.0 Å². The van der Waals surface area contributed by atoms with Crippen LogP contribution in [-0.4, -0.2) is 24.8 Å². The van der Waals surface area contributed by atoms with Crippen LogP contribution in [-0.2, 0) is 16.6 Å². The fourth-order valence-corrected chi connectivity index (χ4v) is 4.31. The number of sulfonamides is 1. The molecular formula is C10H9N3O2S3. The lowest BCUT2D eigenvalue weighted by atomic mass is 10.5. The van der Waals surface area contributed by atoms with Gasteiger partial charge in [0.15, 0.2) is 0 Å². The Morgan fingerprint density at radius 2 is 2.28 bits per heavy atom. The minimum Gasteiger partial charge on any atom is -0.248 e. The molecule has 2 heterocycles. The SMILES string of the molecule is CN(Cc1cscn1)S(=O)(=O)c1ccc(C#N)s1. The van der Waals surface area contributed by atoms with Crippen LogP contribution >= 0.6 is 22.7 Å². The number of thiophene rings is 1. The summed E-state index contributed by atoms with van der Waals surface area (Å²) in [5, 5.41) is 10.5. The highest BCUT2D eigenvalue weighted by Gasteiger charge is 2.23. The maximum Gasteiger partial charge on any atom is 0.252 e. The van der Waals surface area contributed by atoms with Crippen molar-refractivity contribution in [2.75, 3.05) is 7.05 Å². The fourth-order valence-electron chi connectivity index (χ4n) is 1.30. The minimum absolute atomic E-state index is 0.178. The monoisotopic (exact) mass is 299 g/mol. The molecule has 5 nitrogen and oxygen atoms in total. The summed E-state index contributed by atoms with van der Waals surface area (Å²) < 4.78 is 25.8. The van der Waals surface area contributed by atoms with E-state index in [2.05, 4.69) is 4.98 Å². The average molecular weight is 299 g/mol. The molecule has 0 unspecified atom stereocenters. The number of nitrogens with zero attached hydrogens (tertiary/aromatic N) is 3. The van der Waals surface area contributed by atoms with Crippen molar-refractivity contribution >= 4 is 32.7 Å². The molecule has 0 N–H and O–H groups in total. The molecule has 0 atom stereocenters. The summed E-state index contributed by atoms with van der Waals surface area (Å²) in [6, 6.07) is 4.89. The molecule has 2 aromatic heterocycles. The third kappa shape index (κ3) is 2.59. The number of rotatable bonds is 4. The van der Waals surface area contributed by atoms with Crippen LogP contribution in [0.4, 0.5) is 0 Å². The predicted molar refractivity (Wildman–Crippen MR) is 69.8 cm³/mol. The van der Waals surface area contributed by atoms with Crippen molar-refractivity contribution in [3.05, 3.63) is 33.6 Å². The molecule has 8 heteroatoms. The molecule has 0 amide bonds. The molecule has 0 aliphatic heterocycles. The van der Waals surface area contributed by atoms with Gasteiger partial charge in [-0.15, -0.1) is 22.7 Å². The summed E-state index contributed by atoms with van der Waals surface area (Å²) in [7, 11) is -2.04. The zero-order valence-corrected chi connectivity index (χ0v) is 11.8. The van der Waals surface area contributed by atoms with Gasteiger partial charge in [0.05, 0.1) is 17.7 Å². The Morgan fingerprint density at radius 3 is 2.83 bits per heavy atom. The summed E-state index contributed by atoms with van der Waals surface area (Å²) in [5.41, 5.74) is 2.37. The lowest BCUT2D eigenvalue weighted by molar-refractivity contribution is 0.464. The standard InChI is InChI=1S/C10H9N3O2S3/c1-13(5-8-6-16-7-12-8)18(14,15)10-3-2-9(4-11)17-10/h2-3,6-7H,5H2,1H3. The first kappa shape index (κ1) is 13.2. The number of hydrogen-bond donors (Lipinski definition) is 0. The van der Waals surface area contributed by atoms with Gasteiger partial charge in [0.1, 0.15) is 15.2 Å². The topological polar surface area (TPSA) is 74.1 Å². The molecule has 18 heavy (non-hydrogen) atoms. The highest BCUT2D eigenvalue weighted by atomic mass is 32.2. The van der Waals surface area contributed by atoms with E-state index in [1.54, 1.807) is 10.9 Å². The molecule has 0 fully saturated rings. The van der Waals surface area contributed by atoms with Gasteiger partial charge in [-0.1, -0.05) is 0 Å². The Hall–Kier alpha value is -1.27. The smallest absolute Gasteiger partial charge is 0.248 e. The Balaban J connectivity index is 2.23. The third-order valence-corrected chi connectivity index (χ3v) is 6.12. The lowest BCUT2D eigenvalue weighted by Crippen LogP contribution is -2.25. The van der Waals surface area contributed by atoms with E-state index >= 15 is 0 Å². The van der Waals surface area contributed by atoms with Gasteiger partial charge in [-0.25, -0.2) is 13.4 Å². The Labute approximate surface area is 113 Å². The largest absolute Gasteiger partial charge is 0.252 e. The van der Waals surface area contributed by atoms with Gasteiger partial charge < -0.3 is 0 Å². The molecule has 0 aliphatic rings. The first-order valence-corrected chi connectivity index (χ1v) is 8.07. The van der Waals surface area contributed by atoms with Crippen LogP contribution in [0.15, 0.2) is 27.2 Å². The number of nitriles is 1. The van der Waals surface area contributed by atoms with Gasteiger partial charge >= 0.3 is 0 Å². The summed E-state index contributed by atoms with van der Waals surface area (Å²) in [6.07, 6.45) is 0. The highest BCUT2D eigenvalue weighted by Crippen LogP contribution is 2.24. The average Bonchev–Trinajstić information content (AvgIpc) is 2.99. The normalized spacial score (nSPS) is 11.6. The van der Waals surface area contributed by atoms with Gasteiger partial charge in [-0.05, 0) is 12.1 Å². The van der Waals surface area contributed by atoms with Crippen LogP contribution < -0.4 is 0 Å². The Morgan fingerprint density at radius 1 is 1.50 bits per heavy atom. The summed E-state index contributed by atoms with van der Waals surface area (Å²) in [5.74, 6) is 0. The van der Waals surface area contributed by atoms with Crippen LogP contribution in [0.5, 0.6) is 0 Å². The summed E-state index contributed by atoms with van der Waals surface area (Å²) >= 11 is 2.39. The zero-order chi connectivity index (χ0) is 13.2. The van der Waals surface area contributed by atoms with Crippen LogP contribution in [0.3, 0.4) is 0 Å². The number of hydrogen-bond acceptors (Lipinski definition) is 6. The second-order valence-corrected chi connectivity index (χ2v) is 7.55. The minimum atomic E-state index is -3.54. The molecule has 0 aromatic carbocycles. The van der Waals surface area contributed by atoms with E-state index in [9.17, 15) is 8.42 Å². The maximum absolute atomic E-state index is 12.2. The quantitative estimate of drug-likeness (QED) is 0.864. The molecule has 0 radical (unpaired) electrons. The Bertz CT molecular complexity index is 668. The van der Waals surface area contributed by atoms with Crippen molar-refractivity contribution < 1.29 is 8.42 Å². The van der Waals surface area contributed by atoms with Crippen LogP contribution in [0, 0.1) is 11.3 Å². The van der Waals surface area contributed by atoms with Crippen molar-refractivity contribution in [3.63, 3.8) is 0 Å². The summed E-state index contributed by atoms with van der Waals surface area (Å²) in [4.78, 5) is 4.43. The highest BCUT2D eigenvalue weighted by molar-refractivity contribution is 7.91. The first-order valence-electron chi connectivity index (χ1n) is 4.87. The molecule has 0 aliphatic carbocycles. The molecule has 0 saturated carbocycles. The molecular weight excluding hydrogens is 290 g/mol. The van der Waals surface area contributed by atoms with Crippen LogP contribution in [0.1, 0.15) is 10.6 Å². The van der Waals surface area contributed by atoms with Gasteiger partial charge in [0.2, 0.25) is 0 Å². The molecule has 0 saturated heterocycles. The Kier molecular flexibility index (Phi) is 3.77. The van der Waals surface area contributed by atoms with Crippen molar-refractivity contribution in [2.45, 2.75) is 10.8 Å². The van der Waals surface area contributed by atoms with E-state index in [-0.39, 0.29) is 10.8 Å². The van der Waals surface area contributed by atoms with Crippen LogP contribution in [0.25, 0.3) is 0 Å². The van der Waals surface area contributed by atoms with Crippen molar-refractivity contribution in [3.8, 4) is 6.07 Å². The van der Waals surface area contributed by atoms with Crippen molar-refractivity contribution in [1.29, 1.82) is 5.26 Å². The van der Waals surface area contributed by atoms with E-state index in [1.807, 2.05) is 6.07 Å². The second-order valence-electron chi connectivity index (χ2n) is 3.47. The van der Waals surface area contributed by atoms with E-state index in [0.29, 0.717) is 10.6 Å². The molecule has 2 aromatic rings. The fraction of sp³-hybridized carbons (Fsp3) is 0.200. The van der Waals surface area contributed by atoms with Gasteiger partial charge in [-0.2, -0.15) is 9.57 Å². The number of thiazole rings is 1. The maximum atomic E-state index is 12.2. The zero-order valence-electron chi connectivity index (χ0n) is 9.40. The predicted octanol–water partition coefficient (Wildman–Crippen LogP) is 1.90. The second kappa shape index (κ2) is 5.16. The molecule has 94 valence electrons. The summed E-state index contributed by atoms with van der Waals surface area (Å²) in [6.45, 7) is 0.228. The lowest BCUT2D eigenvalue weighted by Gasteiger charge is -2.14. The molecule has 0 bridgehead atoms. The molecule has 0 spiro atoms. The van der Waals surface area contributed by atoms with Gasteiger partial charge in [0, 0.05) is 12.4 Å². The van der Waals surface area contributed by atoms with E-state index in [4.69, 9.17) is 5.26 Å². The first-order chi connectivity index (χ1) is 8.54. The van der Waals surface area contributed by atoms with Crippen molar-refractivity contribution in [2.24, 2.45) is 0 Å². The molecule has 2 rings (SSSR count). The van der Waals surface area contributed by atoms with E-state index in [0.717, 1.165) is 11.3 Å². The van der Waals surface area contributed by atoms with Gasteiger partial charge in [0.25, 0.3) is 10.0 Å². The third-order valence-electron chi connectivity index (χ3n) is 2.22.